The number of aliphatic carboxylic acids is 1. The van der Waals surface area contributed by atoms with Crippen LogP contribution in [0.4, 0.5) is 4.79 Å². The fourth-order valence-electron chi connectivity index (χ4n) is 2.07. The molecule has 1 amide bonds. The Bertz CT molecular complexity index is 419. The molecule has 0 saturated heterocycles. The second kappa shape index (κ2) is 10.9. The molecule has 0 bridgehead atoms. The van der Waals surface area contributed by atoms with Gasteiger partial charge in [-0.25, -0.2) is 4.79 Å². The number of carbonyl (C=O) groups excluding carboxylic acids is 2. The Labute approximate surface area is 144 Å². The first-order valence-corrected chi connectivity index (χ1v) is 8.39. The number of ether oxygens (including phenoxy) is 2. The molecule has 0 radical (unpaired) electrons. The summed E-state index contributed by atoms with van der Waals surface area (Å²) >= 11 is 0. The standard InChI is InChI=1S/C17H31NO6/c1-10(2)7-13(8-14(19)20)9-18-17(22)24-16(12(5)6)23-15(21)11(3)4/h10-13,16H,7-9H2,1-6H3,(H,18,22)(H,19,20). The van der Waals surface area contributed by atoms with E-state index in [4.69, 9.17) is 14.6 Å². The predicted molar refractivity (Wildman–Crippen MR) is 89.2 cm³/mol. The number of carboxylic acids is 1. The summed E-state index contributed by atoms with van der Waals surface area (Å²) in [5.74, 6) is -1.70. The van der Waals surface area contributed by atoms with E-state index in [1.165, 1.54) is 0 Å². The molecule has 0 aromatic rings. The summed E-state index contributed by atoms with van der Waals surface area (Å²) in [5, 5.41) is 11.5. The van der Waals surface area contributed by atoms with Gasteiger partial charge < -0.3 is 19.9 Å². The van der Waals surface area contributed by atoms with Crippen molar-refractivity contribution in [3.8, 4) is 0 Å². The summed E-state index contributed by atoms with van der Waals surface area (Å²) in [6.07, 6.45) is -1.02. The van der Waals surface area contributed by atoms with Gasteiger partial charge in [0.05, 0.1) is 5.92 Å². The molecule has 24 heavy (non-hydrogen) atoms. The SMILES string of the molecule is CC(C)CC(CNC(=O)OC(OC(=O)C(C)C)C(C)C)CC(=O)O. The van der Waals surface area contributed by atoms with Gasteiger partial charge in [-0.3, -0.25) is 9.59 Å². The van der Waals surface area contributed by atoms with Gasteiger partial charge in [0.2, 0.25) is 0 Å². The number of amides is 1. The quantitative estimate of drug-likeness (QED) is 0.466. The monoisotopic (exact) mass is 345 g/mol. The Morgan fingerprint density at radius 1 is 1.00 bits per heavy atom. The summed E-state index contributed by atoms with van der Waals surface area (Å²) in [4.78, 5) is 34.4. The highest BCUT2D eigenvalue weighted by molar-refractivity contribution is 5.72. The lowest BCUT2D eigenvalue weighted by Gasteiger charge is -2.23. The zero-order chi connectivity index (χ0) is 18.9. The second-order valence-electron chi connectivity index (χ2n) is 7.08. The summed E-state index contributed by atoms with van der Waals surface area (Å²) in [5.41, 5.74) is 0. The minimum atomic E-state index is -0.970. The molecular formula is C17H31NO6. The zero-order valence-electron chi connectivity index (χ0n) is 15.5. The number of carboxylic acid groups (broad SMARTS) is 1. The molecule has 7 heteroatoms. The fourth-order valence-corrected chi connectivity index (χ4v) is 2.07. The van der Waals surface area contributed by atoms with Crippen molar-refractivity contribution in [2.45, 2.75) is 60.7 Å². The molecule has 7 nitrogen and oxygen atoms in total. The predicted octanol–water partition coefficient (Wildman–Crippen LogP) is 3.03. The maximum Gasteiger partial charge on any atom is 0.410 e. The first kappa shape index (κ1) is 22.2. The second-order valence-corrected chi connectivity index (χ2v) is 7.08. The van der Waals surface area contributed by atoms with Crippen molar-refractivity contribution in [1.29, 1.82) is 0 Å². The Hall–Kier alpha value is -1.79. The van der Waals surface area contributed by atoms with E-state index in [1.54, 1.807) is 27.7 Å². The van der Waals surface area contributed by atoms with Gasteiger partial charge in [0.25, 0.3) is 6.29 Å². The van der Waals surface area contributed by atoms with Gasteiger partial charge in [-0.1, -0.05) is 41.5 Å². The van der Waals surface area contributed by atoms with Crippen LogP contribution < -0.4 is 5.32 Å². The van der Waals surface area contributed by atoms with Crippen LogP contribution in [0.15, 0.2) is 0 Å². The van der Waals surface area contributed by atoms with Gasteiger partial charge in [0.1, 0.15) is 0 Å². The topological polar surface area (TPSA) is 102 Å². The molecule has 0 fully saturated rings. The molecule has 0 saturated carbocycles. The molecular weight excluding hydrogens is 314 g/mol. The van der Waals surface area contributed by atoms with Crippen molar-refractivity contribution in [2.75, 3.05) is 6.54 Å². The van der Waals surface area contributed by atoms with Gasteiger partial charge >= 0.3 is 18.0 Å². The Morgan fingerprint density at radius 3 is 2.00 bits per heavy atom. The number of carbonyl (C=O) groups is 3. The largest absolute Gasteiger partial charge is 0.481 e. The number of hydrogen-bond donors (Lipinski definition) is 2. The molecule has 0 spiro atoms. The van der Waals surface area contributed by atoms with Crippen LogP contribution in [0.25, 0.3) is 0 Å². The van der Waals surface area contributed by atoms with Gasteiger partial charge in [-0.15, -0.1) is 0 Å². The van der Waals surface area contributed by atoms with Crippen molar-refractivity contribution in [3.05, 3.63) is 0 Å². The summed E-state index contributed by atoms with van der Waals surface area (Å²) in [6, 6.07) is 0. The summed E-state index contributed by atoms with van der Waals surface area (Å²) in [7, 11) is 0. The number of nitrogens with one attached hydrogen (secondary N) is 1. The van der Waals surface area contributed by atoms with Crippen molar-refractivity contribution in [3.63, 3.8) is 0 Å². The zero-order valence-corrected chi connectivity index (χ0v) is 15.5. The van der Waals surface area contributed by atoms with E-state index in [9.17, 15) is 14.4 Å². The first-order valence-electron chi connectivity index (χ1n) is 8.39. The van der Waals surface area contributed by atoms with Crippen molar-refractivity contribution >= 4 is 18.0 Å². The highest BCUT2D eigenvalue weighted by Gasteiger charge is 2.24. The molecule has 0 aromatic carbocycles. The molecule has 0 heterocycles. The molecule has 2 unspecified atom stereocenters. The van der Waals surface area contributed by atoms with Crippen LogP contribution in [0, 0.1) is 23.7 Å². The van der Waals surface area contributed by atoms with Crippen LogP contribution in [0.3, 0.4) is 0 Å². The maximum absolute atomic E-state index is 11.9. The number of esters is 1. The molecule has 0 rings (SSSR count). The van der Waals surface area contributed by atoms with Crippen LogP contribution in [0.1, 0.15) is 54.4 Å². The Balaban J connectivity index is 4.54. The van der Waals surface area contributed by atoms with E-state index in [1.807, 2.05) is 13.8 Å². The molecule has 2 atom stereocenters. The molecule has 0 aliphatic carbocycles. The van der Waals surface area contributed by atoms with Crippen molar-refractivity contribution in [2.24, 2.45) is 23.7 Å². The van der Waals surface area contributed by atoms with Crippen molar-refractivity contribution < 1.29 is 29.0 Å². The van der Waals surface area contributed by atoms with E-state index < -0.39 is 24.3 Å². The van der Waals surface area contributed by atoms with Crippen LogP contribution in [0.5, 0.6) is 0 Å². The minimum Gasteiger partial charge on any atom is -0.481 e. The summed E-state index contributed by atoms with van der Waals surface area (Å²) < 4.78 is 10.3. The lowest BCUT2D eigenvalue weighted by molar-refractivity contribution is -0.178. The van der Waals surface area contributed by atoms with Crippen LogP contribution in [0.2, 0.25) is 0 Å². The van der Waals surface area contributed by atoms with E-state index in [-0.39, 0.29) is 30.7 Å². The third-order valence-electron chi connectivity index (χ3n) is 3.27. The molecule has 140 valence electrons. The fraction of sp³-hybridized carbons (Fsp3) is 0.824. The average Bonchev–Trinajstić information content (AvgIpc) is 2.42. The highest BCUT2D eigenvalue weighted by Crippen LogP contribution is 2.15. The maximum atomic E-state index is 11.9. The molecule has 0 aliphatic rings. The number of rotatable bonds is 10. The average molecular weight is 345 g/mol. The third-order valence-corrected chi connectivity index (χ3v) is 3.27. The number of alkyl carbamates (subject to hydrolysis) is 1. The molecule has 0 aliphatic heterocycles. The Kier molecular flexibility index (Phi) is 10.1. The Morgan fingerprint density at radius 2 is 1.58 bits per heavy atom. The first-order chi connectivity index (χ1) is 11.0. The van der Waals surface area contributed by atoms with E-state index >= 15 is 0 Å². The van der Waals surface area contributed by atoms with Crippen LogP contribution >= 0.6 is 0 Å². The van der Waals surface area contributed by atoms with Gasteiger partial charge in [-0.2, -0.15) is 0 Å². The smallest absolute Gasteiger partial charge is 0.410 e. The van der Waals surface area contributed by atoms with E-state index in [0.29, 0.717) is 12.3 Å². The van der Waals surface area contributed by atoms with Crippen molar-refractivity contribution in [1.82, 2.24) is 5.32 Å². The van der Waals surface area contributed by atoms with E-state index in [2.05, 4.69) is 5.32 Å². The number of hydrogen-bond acceptors (Lipinski definition) is 5. The third kappa shape index (κ3) is 10.1. The lowest BCUT2D eigenvalue weighted by Crippen LogP contribution is -2.37. The van der Waals surface area contributed by atoms with Gasteiger partial charge in [-0.05, 0) is 18.3 Å². The van der Waals surface area contributed by atoms with E-state index in [0.717, 1.165) is 0 Å². The lowest BCUT2D eigenvalue weighted by atomic mass is 9.94. The minimum absolute atomic E-state index is 0.0194. The van der Waals surface area contributed by atoms with Crippen LogP contribution in [-0.4, -0.2) is 36.0 Å². The highest BCUT2D eigenvalue weighted by atomic mass is 16.7. The normalized spacial score (nSPS) is 13.7. The summed E-state index contributed by atoms with van der Waals surface area (Å²) in [6.45, 7) is 11.1. The molecule has 2 N–H and O–H groups in total. The molecule has 0 aromatic heterocycles. The van der Waals surface area contributed by atoms with Gasteiger partial charge in [0.15, 0.2) is 0 Å². The van der Waals surface area contributed by atoms with Crippen LogP contribution in [-0.2, 0) is 19.1 Å². The van der Waals surface area contributed by atoms with Gasteiger partial charge in [0, 0.05) is 18.9 Å².